The summed E-state index contributed by atoms with van der Waals surface area (Å²) in [6, 6.07) is 6.05. The van der Waals surface area contributed by atoms with Crippen LogP contribution in [0, 0.1) is 13.8 Å². The number of hydrogen-bond donors (Lipinski definition) is 3. The Hall–Kier alpha value is -1.96. The number of rotatable bonds is 9. The number of nitrogens with one attached hydrogen (secondary N) is 2. The molecular formula is C21H32N4O2S. The molecule has 0 atom stereocenters. The summed E-state index contributed by atoms with van der Waals surface area (Å²) in [4.78, 5) is 19.8. The Morgan fingerprint density at radius 1 is 1.21 bits per heavy atom. The van der Waals surface area contributed by atoms with Crippen molar-refractivity contribution in [2.45, 2.75) is 33.2 Å². The van der Waals surface area contributed by atoms with E-state index in [-0.39, 0.29) is 12.2 Å². The number of pyridine rings is 1. The highest BCUT2D eigenvalue weighted by Crippen LogP contribution is 2.19. The highest BCUT2D eigenvalue weighted by Gasteiger charge is 2.14. The van der Waals surface area contributed by atoms with E-state index in [1.54, 1.807) is 0 Å². The maximum Gasteiger partial charge on any atom is 0.253 e. The molecule has 1 heterocycles. The van der Waals surface area contributed by atoms with Crippen molar-refractivity contribution in [3.63, 3.8) is 0 Å². The lowest BCUT2D eigenvalue weighted by Gasteiger charge is -2.26. The van der Waals surface area contributed by atoms with Crippen LogP contribution >= 0.6 is 12.2 Å². The first kappa shape index (κ1) is 22.3. The molecule has 0 bridgehead atoms. The van der Waals surface area contributed by atoms with Gasteiger partial charge in [0.15, 0.2) is 5.11 Å². The molecule has 0 spiro atoms. The Morgan fingerprint density at radius 2 is 1.96 bits per heavy atom. The van der Waals surface area contributed by atoms with E-state index in [4.69, 9.17) is 12.2 Å². The van der Waals surface area contributed by atoms with Crippen molar-refractivity contribution in [3.8, 4) is 0 Å². The number of aromatic nitrogens is 1. The fourth-order valence-electron chi connectivity index (χ4n) is 3.11. The number of benzene rings is 1. The molecule has 3 N–H and O–H groups in total. The van der Waals surface area contributed by atoms with Gasteiger partial charge in [0.1, 0.15) is 0 Å². The number of H-pyrrole nitrogens is 1. The summed E-state index contributed by atoms with van der Waals surface area (Å²) in [6.07, 6.45) is 1.58. The maximum absolute atomic E-state index is 12.7. The number of aryl methyl sites for hydroxylation is 2. The lowest BCUT2D eigenvalue weighted by molar-refractivity contribution is 0.264. The minimum atomic E-state index is -0.0920. The van der Waals surface area contributed by atoms with Gasteiger partial charge in [-0.15, -0.1) is 0 Å². The van der Waals surface area contributed by atoms with E-state index in [1.165, 1.54) is 0 Å². The number of nitrogens with zero attached hydrogens (tertiary/aromatic N) is 2. The van der Waals surface area contributed by atoms with Crippen LogP contribution < -0.4 is 10.9 Å². The van der Waals surface area contributed by atoms with Gasteiger partial charge in [0.25, 0.3) is 5.56 Å². The van der Waals surface area contributed by atoms with Crippen LogP contribution in [-0.2, 0) is 6.54 Å². The SMILES string of the molecule is Cc1ccc2cc(CN(CCCO)C(=S)NCCCN(C)C)c(=O)[nH]c2c1C. The van der Waals surface area contributed by atoms with E-state index in [1.807, 2.05) is 45.0 Å². The molecule has 154 valence electrons. The number of aliphatic hydroxyl groups excluding tert-OH is 1. The molecule has 0 aliphatic rings. The monoisotopic (exact) mass is 404 g/mol. The van der Waals surface area contributed by atoms with Gasteiger partial charge < -0.3 is 25.2 Å². The second-order valence-corrected chi connectivity index (χ2v) is 7.87. The summed E-state index contributed by atoms with van der Waals surface area (Å²) in [6.45, 7) is 6.92. The van der Waals surface area contributed by atoms with Gasteiger partial charge in [-0.3, -0.25) is 4.79 Å². The molecular weight excluding hydrogens is 372 g/mol. The fourth-order valence-corrected chi connectivity index (χ4v) is 3.37. The van der Waals surface area contributed by atoms with Crippen molar-refractivity contribution in [2.75, 3.05) is 40.3 Å². The molecule has 1 aromatic heterocycles. The van der Waals surface area contributed by atoms with Gasteiger partial charge in [-0.1, -0.05) is 12.1 Å². The van der Waals surface area contributed by atoms with Crippen molar-refractivity contribution >= 4 is 28.2 Å². The third kappa shape index (κ3) is 6.02. The van der Waals surface area contributed by atoms with Crippen molar-refractivity contribution < 1.29 is 5.11 Å². The molecule has 28 heavy (non-hydrogen) atoms. The Balaban J connectivity index is 2.17. The van der Waals surface area contributed by atoms with Gasteiger partial charge in [0.05, 0.1) is 12.1 Å². The van der Waals surface area contributed by atoms with Gasteiger partial charge in [-0.25, -0.2) is 0 Å². The minimum Gasteiger partial charge on any atom is -0.396 e. The molecule has 0 fully saturated rings. The summed E-state index contributed by atoms with van der Waals surface area (Å²) < 4.78 is 0. The number of thiocarbonyl (C=S) groups is 1. The summed E-state index contributed by atoms with van der Waals surface area (Å²) in [5.74, 6) is 0. The fraction of sp³-hybridized carbons (Fsp3) is 0.524. The van der Waals surface area contributed by atoms with Crippen molar-refractivity contribution in [3.05, 3.63) is 45.2 Å². The number of fused-ring (bicyclic) bond motifs is 1. The quantitative estimate of drug-likeness (QED) is 0.439. The van der Waals surface area contributed by atoms with Crippen molar-refractivity contribution in [1.82, 2.24) is 20.1 Å². The lowest BCUT2D eigenvalue weighted by atomic mass is 10.0. The molecule has 2 aromatic rings. The molecule has 7 heteroatoms. The molecule has 0 aliphatic carbocycles. The van der Waals surface area contributed by atoms with Crippen molar-refractivity contribution in [1.29, 1.82) is 0 Å². The predicted octanol–water partition coefficient (Wildman–Crippen LogP) is 2.16. The zero-order valence-corrected chi connectivity index (χ0v) is 18.2. The summed E-state index contributed by atoms with van der Waals surface area (Å²) in [7, 11) is 4.09. The van der Waals surface area contributed by atoms with Gasteiger partial charge >= 0.3 is 0 Å². The second-order valence-electron chi connectivity index (χ2n) is 7.48. The highest BCUT2D eigenvalue weighted by molar-refractivity contribution is 7.80. The smallest absolute Gasteiger partial charge is 0.253 e. The Morgan fingerprint density at radius 3 is 2.64 bits per heavy atom. The topological polar surface area (TPSA) is 71.6 Å². The van der Waals surface area contributed by atoms with E-state index in [0.717, 1.165) is 41.5 Å². The second kappa shape index (κ2) is 10.5. The highest BCUT2D eigenvalue weighted by atomic mass is 32.1. The van der Waals surface area contributed by atoms with E-state index in [2.05, 4.69) is 21.3 Å². The Labute approximate surface area is 172 Å². The zero-order valence-electron chi connectivity index (χ0n) is 17.3. The molecule has 6 nitrogen and oxygen atoms in total. The first-order valence-corrected chi connectivity index (χ1v) is 10.1. The van der Waals surface area contributed by atoms with E-state index in [0.29, 0.717) is 30.2 Å². The van der Waals surface area contributed by atoms with Crippen molar-refractivity contribution in [2.24, 2.45) is 0 Å². The van der Waals surface area contributed by atoms with Gasteiger partial charge in [-0.2, -0.15) is 0 Å². The summed E-state index contributed by atoms with van der Waals surface area (Å²) >= 11 is 5.55. The predicted molar refractivity (Wildman–Crippen MR) is 120 cm³/mol. The third-order valence-corrected chi connectivity index (χ3v) is 5.32. The normalized spacial score (nSPS) is 11.2. The lowest BCUT2D eigenvalue weighted by Crippen LogP contribution is -2.41. The molecule has 0 unspecified atom stereocenters. The van der Waals surface area contributed by atoms with Crippen LogP contribution in [-0.4, -0.2) is 65.3 Å². The summed E-state index contributed by atoms with van der Waals surface area (Å²) in [5, 5.41) is 14.1. The van der Waals surface area contributed by atoms with Crippen LogP contribution in [0.15, 0.2) is 23.0 Å². The van der Waals surface area contributed by atoms with Gasteiger partial charge in [0, 0.05) is 25.3 Å². The zero-order chi connectivity index (χ0) is 20.7. The van der Waals surface area contributed by atoms with Crippen LogP contribution in [0.5, 0.6) is 0 Å². The standard InChI is InChI=1S/C21H32N4O2S/c1-15-7-8-17-13-18(20(27)23-19(17)16(15)2)14-25(11-6-12-26)21(28)22-9-5-10-24(3)4/h7-8,13,26H,5-6,9-12,14H2,1-4H3,(H,22,28)(H,23,27). The van der Waals surface area contributed by atoms with Gasteiger partial charge in [-0.05, 0) is 82.1 Å². The first-order chi connectivity index (χ1) is 13.3. The molecule has 0 aliphatic heterocycles. The number of aliphatic hydroxyl groups is 1. The number of aromatic amines is 1. The van der Waals surface area contributed by atoms with Crippen LogP contribution in [0.3, 0.4) is 0 Å². The van der Waals surface area contributed by atoms with Crippen LogP contribution in [0.4, 0.5) is 0 Å². The minimum absolute atomic E-state index is 0.0896. The average molecular weight is 405 g/mol. The average Bonchev–Trinajstić information content (AvgIpc) is 2.66. The van der Waals surface area contributed by atoms with E-state index < -0.39 is 0 Å². The molecule has 0 amide bonds. The maximum atomic E-state index is 12.7. The van der Waals surface area contributed by atoms with Crippen LogP contribution in [0.2, 0.25) is 0 Å². The molecule has 2 rings (SSSR count). The van der Waals surface area contributed by atoms with E-state index in [9.17, 15) is 9.90 Å². The van der Waals surface area contributed by atoms with E-state index >= 15 is 0 Å². The van der Waals surface area contributed by atoms with Crippen LogP contribution in [0.1, 0.15) is 29.5 Å². The molecule has 1 aromatic carbocycles. The number of hydrogen-bond acceptors (Lipinski definition) is 4. The largest absolute Gasteiger partial charge is 0.396 e. The van der Waals surface area contributed by atoms with Crippen LogP contribution in [0.25, 0.3) is 10.9 Å². The first-order valence-electron chi connectivity index (χ1n) is 9.74. The Kier molecular flexibility index (Phi) is 8.41. The van der Waals surface area contributed by atoms with Gasteiger partial charge in [0.2, 0.25) is 0 Å². The molecule has 0 saturated heterocycles. The third-order valence-electron chi connectivity index (χ3n) is 4.92. The molecule has 0 radical (unpaired) electrons. The summed E-state index contributed by atoms with van der Waals surface area (Å²) in [5.41, 5.74) is 3.72. The molecule has 0 saturated carbocycles. The Bertz CT molecular complexity index is 863.